The minimum absolute atomic E-state index is 0.201. The van der Waals surface area contributed by atoms with Gasteiger partial charge in [0, 0.05) is 22.2 Å². The minimum Gasteiger partial charge on any atom is -0.358 e. The van der Waals surface area contributed by atoms with Crippen LogP contribution in [0, 0.1) is 11.7 Å². The number of fused-ring (bicyclic) bond motifs is 3. The number of aryl methyl sites for hydroxylation is 1. The van der Waals surface area contributed by atoms with Crippen LogP contribution in [0.2, 0.25) is 0 Å². The van der Waals surface area contributed by atoms with Crippen LogP contribution in [0.5, 0.6) is 0 Å². The molecule has 3 nitrogen and oxygen atoms in total. The maximum absolute atomic E-state index is 13.7. The lowest BCUT2D eigenvalue weighted by molar-refractivity contribution is 0.102. The van der Waals surface area contributed by atoms with Crippen LogP contribution < -0.4 is 5.32 Å². The molecule has 1 amide bonds. The summed E-state index contributed by atoms with van der Waals surface area (Å²) in [5, 5.41) is 3.76. The first-order valence-electron chi connectivity index (χ1n) is 8.31. The van der Waals surface area contributed by atoms with Gasteiger partial charge < -0.3 is 10.3 Å². The lowest BCUT2D eigenvalue weighted by atomic mass is 9.87. The summed E-state index contributed by atoms with van der Waals surface area (Å²) < 4.78 is 13.7. The Balaban J connectivity index is 1.68. The maximum Gasteiger partial charge on any atom is 0.255 e. The van der Waals surface area contributed by atoms with E-state index in [2.05, 4.69) is 17.2 Å². The molecule has 0 radical (unpaired) electrons. The summed E-state index contributed by atoms with van der Waals surface area (Å²) in [6.07, 6.45) is 3.29. The van der Waals surface area contributed by atoms with Crippen molar-refractivity contribution in [3.63, 3.8) is 0 Å². The Kier molecular flexibility index (Phi) is 3.60. The van der Waals surface area contributed by atoms with E-state index in [1.807, 2.05) is 12.1 Å². The third kappa shape index (κ3) is 2.58. The van der Waals surface area contributed by atoms with Crippen LogP contribution in [0.25, 0.3) is 10.9 Å². The summed E-state index contributed by atoms with van der Waals surface area (Å²) in [5.74, 6) is -0.0621. The summed E-state index contributed by atoms with van der Waals surface area (Å²) in [4.78, 5) is 15.9. The van der Waals surface area contributed by atoms with Crippen LogP contribution in [-0.2, 0) is 12.8 Å². The zero-order chi connectivity index (χ0) is 16.7. The van der Waals surface area contributed by atoms with Gasteiger partial charge in [-0.2, -0.15) is 0 Å². The largest absolute Gasteiger partial charge is 0.358 e. The molecule has 24 heavy (non-hydrogen) atoms. The second kappa shape index (κ2) is 5.78. The molecule has 122 valence electrons. The first-order valence-corrected chi connectivity index (χ1v) is 8.31. The van der Waals surface area contributed by atoms with Crippen molar-refractivity contribution in [3.8, 4) is 0 Å². The van der Waals surface area contributed by atoms with Crippen LogP contribution in [0.1, 0.15) is 35.0 Å². The highest BCUT2D eigenvalue weighted by Gasteiger charge is 2.20. The van der Waals surface area contributed by atoms with Crippen molar-refractivity contribution in [3.05, 3.63) is 65.1 Å². The summed E-state index contributed by atoms with van der Waals surface area (Å²) in [7, 11) is 0. The topological polar surface area (TPSA) is 44.9 Å². The van der Waals surface area contributed by atoms with Gasteiger partial charge in [-0.3, -0.25) is 4.79 Å². The maximum atomic E-state index is 13.7. The van der Waals surface area contributed by atoms with Crippen molar-refractivity contribution >= 4 is 22.5 Å². The summed E-state index contributed by atoms with van der Waals surface area (Å²) >= 11 is 0. The predicted molar refractivity (Wildman–Crippen MR) is 93.8 cm³/mol. The molecule has 1 unspecified atom stereocenters. The average Bonchev–Trinajstić information content (AvgIpc) is 2.94. The molecule has 1 heterocycles. The van der Waals surface area contributed by atoms with E-state index in [0.717, 1.165) is 23.7 Å². The van der Waals surface area contributed by atoms with Crippen LogP contribution in [0.3, 0.4) is 0 Å². The summed E-state index contributed by atoms with van der Waals surface area (Å²) in [6.45, 7) is 2.26. The van der Waals surface area contributed by atoms with E-state index in [-0.39, 0.29) is 11.6 Å². The van der Waals surface area contributed by atoms with Gasteiger partial charge >= 0.3 is 0 Å². The number of carbonyl (C=O) groups excluding carboxylic acids is 1. The molecule has 0 saturated carbocycles. The number of H-pyrrole nitrogens is 1. The van der Waals surface area contributed by atoms with Crippen molar-refractivity contribution in [2.24, 2.45) is 5.92 Å². The Morgan fingerprint density at radius 3 is 2.92 bits per heavy atom. The zero-order valence-corrected chi connectivity index (χ0v) is 13.5. The van der Waals surface area contributed by atoms with Crippen molar-refractivity contribution in [1.82, 2.24) is 4.98 Å². The molecule has 3 aromatic rings. The highest BCUT2D eigenvalue weighted by molar-refractivity contribution is 6.06. The molecule has 2 aromatic carbocycles. The third-order valence-corrected chi connectivity index (χ3v) is 4.82. The number of hydrogen-bond donors (Lipinski definition) is 2. The Morgan fingerprint density at radius 2 is 2.08 bits per heavy atom. The molecule has 0 saturated heterocycles. The fraction of sp³-hybridized carbons (Fsp3) is 0.250. The first-order chi connectivity index (χ1) is 11.6. The van der Waals surface area contributed by atoms with Gasteiger partial charge in [0.15, 0.2) is 0 Å². The van der Waals surface area contributed by atoms with E-state index >= 15 is 0 Å². The number of hydrogen-bond acceptors (Lipinski definition) is 1. The molecular weight excluding hydrogens is 303 g/mol. The van der Waals surface area contributed by atoms with Crippen molar-refractivity contribution < 1.29 is 9.18 Å². The quantitative estimate of drug-likeness (QED) is 0.706. The van der Waals surface area contributed by atoms with Gasteiger partial charge in [-0.1, -0.05) is 19.1 Å². The standard InChI is InChI=1S/C20H19FN2O/c1-12-6-8-17-14(10-12)15-11-13(7-9-18(15)22-17)20(24)23-19-5-3-2-4-16(19)21/h2-5,7,9,11-12,22H,6,8,10H2,1H3,(H,23,24). The molecule has 4 rings (SSSR count). The molecule has 1 aliphatic carbocycles. The molecule has 0 spiro atoms. The third-order valence-electron chi connectivity index (χ3n) is 4.82. The summed E-state index contributed by atoms with van der Waals surface area (Å²) in [6, 6.07) is 11.8. The number of carbonyl (C=O) groups is 1. The molecule has 1 aromatic heterocycles. The molecule has 0 bridgehead atoms. The number of rotatable bonds is 2. The van der Waals surface area contributed by atoms with Crippen LogP contribution in [0.4, 0.5) is 10.1 Å². The monoisotopic (exact) mass is 322 g/mol. The number of aromatic nitrogens is 1. The lowest BCUT2D eigenvalue weighted by Gasteiger charge is -2.18. The van der Waals surface area contributed by atoms with E-state index in [0.29, 0.717) is 11.5 Å². The minimum atomic E-state index is -0.431. The molecule has 0 fully saturated rings. The Morgan fingerprint density at radius 1 is 1.25 bits per heavy atom. The number of nitrogens with one attached hydrogen (secondary N) is 2. The number of aromatic amines is 1. The fourth-order valence-electron chi connectivity index (χ4n) is 3.49. The SMILES string of the molecule is CC1CCc2[nH]c3ccc(C(=O)Nc4ccccc4F)cc3c2C1. The van der Waals surface area contributed by atoms with E-state index in [9.17, 15) is 9.18 Å². The summed E-state index contributed by atoms with van der Waals surface area (Å²) in [5.41, 5.74) is 4.42. The number of anilines is 1. The predicted octanol–water partition coefficient (Wildman–Crippen LogP) is 4.68. The second-order valence-corrected chi connectivity index (χ2v) is 6.62. The van der Waals surface area contributed by atoms with Crippen molar-refractivity contribution in [2.75, 3.05) is 5.32 Å². The van der Waals surface area contributed by atoms with Gasteiger partial charge in [-0.25, -0.2) is 4.39 Å². The smallest absolute Gasteiger partial charge is 0.255 e. The van der Waals surface area contributed by atoms with Gasteiger partial charge in [-0.05, 0) is 61.1 Å². The average molecular weight is 322 g/mol. The molecular formula is C20H19FN2O. The Bertz CT molecular complexity index is 929. The number of benzene rings is 2. The molecule has 2 N–H and O–H groups in total. The van der Waals surface area contributed by atoms with Crippen molar-refractivity contribution in [1.29, 1.82) is 0 Å². The van der Waals surface area contributed by atoms with Gasteiger partial charge in [0.1, 0.15) is 5.82 Å². The molecule has 1 aliphatic rings. The molecule has 1 atom stereocenters. The Labute approximate surface area is 139 Å². The second-order valence-electron chi connectivity index (χ2n) is 6.62. The highest BCUT2D eigenvalue weighted by Crippen LogP contribution is 2.32. The lowest BCUT2D eigenvalue weighted by Crippen LogP contribution is -2.13. The number of para-hydroxylation sites is 1. The van der Waals surface area contributed by atoms with Gasteiger partial charge in [0.05, 0.1) is 5.69 Å². The van der Waals surface area contributed by atoms with Gasteiger partial charge in [0.25, 0.3) is 5.91 Å². The fourth-order valence-corrected chi connectivity index (χ4v) is 3.49. The first kappa shape index (κ1) is 14.9. The number of halogens is 1. The van der Waals surface area contributed by atoms with Crippen molar-refractivity contribution in [2.45, 2.75) is 26.2 Å². The van der Waals surface area contributed by atoms with E-state index < -0.39 is 5.82 Å². The Hall–Kier alpha value is -2.62. The normalized spacial score (nSPS) is 16.8. The molecule has 0 aliphatic heterocycles. The highest BCUT2D eigenvalue weighted by atomic mass is 19.1. The van der Waals surface area contributed by atoms with Crippen LogP contribution in [-0.4, -0.2) is 10.9 Å². The van der Waals surface area contributed by atoms with E-state index in [4.69, 9.17) is 0 Å². The molecule has 4 heteroatoms. The number of amides is 1. The van der Waals surface area contributed by atoms with Gasteiger partial charge in [-0.15, -0.1) is 0 Å². The van der Waals surface area contributed by atoms with Crippen LogP contribution in [0.15, 0.2) is 42.5 Å². The zero-order valence-electron chi connectivity index (χ0n) is 13.5. The van der Waals surface area contributed by atoms with E-state index in [1.54, 1.807) is 24.3 Å². The van der Waals surface area contributed by atoms with Crippen LogP contribution >= 0.6 is 0 Å². The van der Waals surface area contributed by atoms with Gasteiger partial charge in [0.2, 0.25) is 0 Å². The van der Waals surface area contributed by atoms with E-state index in [1.165, 1.54) is 23.7 Å².